The van der Waals surface area contributed by atoms with Crippen molar-refractivity contribution < 1.29 is 9.53 Å². The second-order valence-electron chi connectivity index (χ2n) is 4.82. The zero-order valence-corrected chi connectivity index (χ0v) is 11.5. The van der Waals surface area contributed by atoms with Crippen LogP contribution in [0, 0.1) is 19.8 Å². The number of hydrogen-bond acceptors (Lipinski definition) is 2. The average Bonchev–Trinajstić information content (AvgIpc) is 2.30. The zero-order valence-electron chi connectivity index (χ0n) is 11.5. The molecule has 17 heavy (non-hydrogen) atoms. The van der Waals surface area contributed by atoms with E-state index in [2.05, 4.69) is 26.0 Å². The molecule has 0 atom stereocenters. The van der Waals surface area contributed by atoms with Gasteiger partial charge >= 0.3 is 0 Å². The third kappa shape index (κ3) is 3.32. The van der Waals surface area contributed by atoms with Gasteiger partial charge in [-0.05, 0) is 37.0 Å². The van der Waals surface area contributed by atoms with Crippen molar-refractivity contribution in [3.05, 3.63) is 28.8 Å². The highest BCUT2D eigenvalue weighted by Gasteiger charge is 2.12. The largest absolute Gasteiger partial charge is 0.496 e. The summed E-state index contributed by atoms with van der Waals surface area (Å²) in [5, 5.41) is 0. The molecule has 0 aliphatic carbocycles. The molecule has 2 heteroatoms. The second kappa shape index (κ2) is 5.85. The van der Waals surface area contributed by atoms with E-state index in [1.54, 1.807) is 7.11 Å². The molecule has 0 heterocycles. The standard InChI is InChI=1S/C15H22O2/c1-10(2)14(16)9-8-13-7-6-11(3)12(4)15(13)17-5/h6-7,10H,8-9H2,1-5H3. The third-order valence-electron chi connectivity index (χ3n) is 3.25. The van der Waals surface area contributed by atoms with E-state index in [1.807, 2.05) is 13.8 Å². The minimum absolute atomic E-state index is 0.118. The van der Waals surface area contributed by atoms with Crippen LogP contribution < -0.4 is 4.74 Å². The lowest BCUT2D eigenvalue weighted by molar-refractivity contribution is -0.121. The minimum atomic E-state index is 0.118. The first-order valence-electron chi connectivity index (χ1n) is 6.13. The third-order valence-corrected chi connectivity index (χ3v) is 3.25. The maximum Gasteiger partial charge on any atom is 0.135 e. The van der Waals surface area contributed by atoms with Crippen molar-refractivity contribution in [2.75, 3.05) is 7.11 Å². The zero-order chi connectivity index (χ0) is 13.0. The SMILES string of the molecule is COc1c(CCC(=O)C(C)C)ccc(C)c1C. The normalized spacial score (nSPS) is 10.7. The molecular formula is C15H22O2. The Balaban J connectivity index is 2.85. The molecule has 1 rings (SSSR count). The molecule has 0 saturated heterocycles. The van der Waals surface area contributed by atoms with Crippen LogP contribution in [0.4, 0.5) is 0 Å². The summed E-state index contributed by atoms with van der Waals surface area (Å²) in [5.74, 6) is 1.36. The van der Waals surface area contributed by atoms with E-state index in [9.17, 15) is 4.79 Å². The molecule has 0 radical (unpaired) electrons. The van der Waals surface area contributed by atoms with E-state index in [4.69, 9.17) is 4.74 Å². The number of carbonyl (C=O) groups is 1. The van der Waals surface area contributed by atoms with Crippen molar-refractivity contribution in [2.24, 2.45) is 5.92 Å². The van der Waals surface area contributed by atoms with E-state index in [1.165, 1.54) is 11.1 Å². The van der Waals surface area contributed by atoms with Gasteiger partial charge in [-0.1, -0.05) is 26.0 Å². The summed E-state index contributed by atoms with van der Waals surface area (Å²) in [4.78, 5) is 11.6. The first-order valence-corrected chi connectivity index (χ1v) is 6.13. The first kappa shape index (κ1) is 13.8. The van der Waals surface area contributed by atoms with E-state index in [-0.39, 0.29) is 5.92 Å². The Morgan fingerprint density at radius 1 is 1.29 bits per heavy atom. The van der Waals surface area contributed by atoms with Crippen molar-refractivity contribution in [1.29, 1.82) is 0 Å². The van der Waals surface area contributed by atoms with Crippen LogP contribution in [0.1, 0.15) is 37.0 Å². The number of benzene rings is 1. The second-order valence-corrected chi connectivity index (χ2v) is 4.82. The number of ketones is 1. The molecule has 1 aromatic rings. The van der Waals surface area contributed by atoms with Crippen molar-refractivity contribution >= 4 is 5.78 Å². The monoisotopic (exact) mass is 234 g/mol. The van der Waals surface area contributed by atoms with Crippen LogP contribution in [0.3, 0.4) is 0 Å². The molecular weight excluding hydrogens is 212 g/mol. The number of aryl methyl sites for hydroxylation is 2. The number of Topliss-reactive ketones (excluding diaryl/α,β-unsaturated/α-hetero) is 1. The van der Waals surface area contributed by atoms with E-state index >= 15 is 0 Å². The molecule has 0 saturated carbocycles. The summed E-state index contributed by atoms with van der Waals surface area (Å²) >= 11 is 0. The van der Waals surface area contributed by atoms with E-state index in [0.717, 1.165) is 17.7 Å². The van der Waals surface area contributed by atoms with Crippen LogP contribution in [0.25, 0.3) is 0 Å². The number of carbonyl (C=O) groups excluding carboxylic acids is 1. The molecule has 94 valence electrons. The Kier molecular flexibility index (Phi) is 4.73. The van der Waals surface area contributed by atoms with E-state index < -0.39 is 0 Å². The predicted molar refractivity (Wildman–Crippen MR) is 70.6 cm³/mol. The fraction of sp³-hybridized carbons (Fsp3) is 0.533. The maximum absolute atomic E-state index is 11.6. The summed E-state index contributed by atoms with van der Waals surface area (Å²) in [6.07, 6.45) is 1.36. The quantitative estimate of drug-likeness (QED) is 0.779. The molecule has 0 aliphatic heterocycles. The number of hydrogen-bond donors (Lipinski definition) is 0. The van der Waals surface area contributed by atoms with Gasteiger partial charge in [0.1, 0.15) is 11.5 Å². The first-order chi connectivity index (χ1) is 7.97. The summed E-state index contributed by atoms with van der Waals surface area (Å²) in [7, 11) is 1.69. The maximum atomic E-state index is 11.6. The smallest absolute Gasteiger partial charge is 0.135 e. The predicted octanol–water partition coefficient (Wildman–Crippen LogP) is 3.47. The Morgan fingerprint density at radius 2 is 1.94 bits per heavy atom. The van der Waals surface area contributed by atoms with Crippen LogP contribution in [-0.4, -0.2) is 12.9 Å². The molecule has 0 N–H and O–H groups in total. The van der Waals surface area contributed by atoms with Gasteiger partial charge in [0.15, 0.2) is 0 Å². The molecule has 0 aliphatic rings. The van der Waals surface area contributed by atoms with Crippen LogP contribution in [-0.2, 0) is 11.2 Å². The topological polar surface area (TPSA) is 26.3 Å². The van der Waals surface area contributed by atoms with Gasteiger partial charge in [-0.3, -0.25) is 4.79 Å². The highest BCUT2D eigenvalue weighted by molar-refractivity contribution is 5.80. The van der Waals surface area contributed by atoms with Gasteiger partial charge in [0.05, 0.1) is 7.11 Å². The van der Waals surface area contributed by atoms with Gasteiger partial charge in [-0.2, -0.15) is 0 Å². The van der Waals surface area contributed by atoms with Crippen LogP contribution in [0.5, 0.6) is 5.75 Å². The Morgan fingerprint density at radius 3 is 2.47 bits per heavy atom. The van der Waals surface area contributed by atoms with Gasteiger partial charge in [0.2, 0.25) is 0 Å². The Hall–Kier alpha value is -1.31. The number of ether oxygens (including phenoxy) is 1. The highest BCUT2D eigenvalue weighted by atomic mass is 16.5. The van der Waals surface area contributed by atoms with Gasteiger partial charge in [-0.25, -0.2) is 0 Å². The molecule has 0 unspecified atom stereocenters. The lowest BCUT2D eigenvalue weighted by atomic mass is 9.97. The molecule has 0 fully saturated rings. The fourth-order valence-electron chi connectivity index (χ4n) is 1.87. The fourth-order valence-corrected chi connectivity index (χ4v) is 1.87. The number of rotatable bonds is 5. The van der Waals surface area contributed by atoms with Gasteiger partial charge in [-0.15, -0.1) is 0 Å². The van der Waals surface area contributed by atoms with E-state index in [0.29, 0.717) is 12.2 Å². The molecule has 2 nitrogen and oxygen atoms in total. The van der Waals surface area contributed by atoms with Gasteiger partial charge in [0, 0.05) is 12.3 Å². The molecule has 0 amide bonds. The van der Waals surface area contributed by atoms with Gasteiger partial charge in [0.25, 0.3) is 0 Å². The summed E-state index contributed by atoms with van der Waals surface area (Å²) < 4.78 is 5.44. The summed E-state index contributed by atoms with van der Waals surface area (Å²) in [6.45, 7) is 8.02. The van der Waals surface area contributed by atoms with Crippen LogP contribution in [0.2, 0.25) is 0 Å². The molecule has 0 bridgehead atoms. The van der Waals surface area contributed by atoms with Crippen LogP contribution in [0.15, 0.2) is 12.1 Å². The van der Waals surface area contributed by atoms with Crippen molar-refractivity contribution in [2.45, 2.75) is 40.5 Å². The molecule has 1 aromatic carbocycles. The summed E-state index contributed by atoms with van der Waals surface area (Å²) in [5.41, 5.74) is 3.52. The average molecular weight is 234 g/mol. The van der Waals surface area contributed by atoms with Crippen LogP contribution >= 0.6 is 0 Å². The lowest BCUT2D eigenvalue weighted by Gasteiger charge is -2.13. The van der Waals surface area contributed by atoms with Gasteiger partial charge < -0.3 is 4.74 Å². The summed E-state index contributed by atoms with van der Waals surface area (Å²) in [6, 6.07) is 4.15. The lowest BCUT2D eigenvalue weighted by Crippen LogP contribution is -2.08. The van der Waals surface area contributed by atoms with Crippen molar-refractivity contribution in [1.82, 2.24) is 0 Å². The highest BCUT2D eigenvalue weighted by Crippen LogP contribution is 2.27. The van der Waals surface area contributed by atoms with Crippen molar-refractivity contribution in [3.63, 3.8) is 0 Å². The Labute approximate surface area is 104 Å². The van der Waals surface area contributed by atoms with Crippen molar-refractivity contribution in [3.8, 4) is 5.75 Å². The molecule has 0 aromatic heterocycles. The Bertz CT molecular complexity index is 406. The minimum Gasteiger partial charge on any atom is -0.496 e. The molecule has 0 spiro atoms. The number of methoxy groups -OCH3 is 1.